The van der Waals surface area contributed by atoms with Crippen LogP contribution in [0.2, 0.25) is 0 Å². The van der Waals surface area contributed by atoms with Crippen LogP contribution in [0, 0.1) is 0 Å². The van der Waals surface area contributed by atoms with Gasteiger partial charge >= 0.3 is 12.1 Å². The van der Waals surface area contributed by atoms with Gasteiger partial charge in [-0.2, -0.15) is 13.2 Å². The molecular weight excluding hydrogens is 267 g/mol. The fourth-order valence-electron chi connectivity index (χ4n) is 0.835. The van der Waals surface area contributed by atoms with Crippen LogP contribution in [0.4, 0.5) is 13.2 Å². The number of hydrogen-bond acceptors (Lipinski definition) is 2. The van der Waals surface area contributed by atoms with Crippen LogP contribution in [0.1, 0.15) is 15.9 Å². The Morgan fingerprint density at radius 3 is 2.50 bits per heavy atom. The number of halogens is 4. The Labute approximate surface area is 84.7 Å². The van der Waals surface area contributed by atoms with Gasteiger partial charge < -0.3 is 5.11 Å². The van der Waals surface area contributed by atoms with Crippen molar-refractivity contribution in [1.82, 2.24) is 4.98 Å². The molecule has 1 aromatic heterocycles. The molecule has 3 nitrogen and oxygen atoms in total. The van der Waals surface area contributed by atoms with E-state index >= 15 is 0 Å². The van der Waals surface area contributed by atoms with Gasteiger partial charge in [0.05, 0.1) is 11.1 Å². The largest absolute Gasteiger partial charge is 0.478 e. The van der Waals surface area contributed by atoms with Crippen LogP contribution in [0.3, 0.4) is 0 Å². The maximum Gasteiger partial charge on any atom is 0.417 e. The van der Waals surface area contributed by atoms with Gasteiger partial charge in [-0.05, 0) is 22.0 Å². The van der Waals surface area contributed by atoms with Crippen LogP contribution in [-0.4, -0.2) is 16.1 Å². The van der Waals surface area contributed by atoms with Gasteiger partial charge in [-0.15, -0.1) is 0 Å². The summed E-state index contributed by atoms with van der Waals surface area (Å²) in [5, 5.41) is 8.46. The topological polar surface area (TPSA) is 50.2 Å². The van der Waals surface area contributed by atoms with Gasteiger partial charge in [0.25, 0.3) is 0 Å². The molecule has 1 rings (SSSR count). The first kappa shape index (κ1) is 11.0. The second-order valence-electron chi connectivity index (χ2n) is 2.36. The summed E-state index contributed by atoms with van der Waals surface area (Å²) in [6, 6.07) is 0.628. The number of alkyl halides is 3. The zero-order valence-electron chi connectivity index (χ0n) is 6.47. The van der Waals surface area contributed by atoms with Crippen LogP contribution >= 0.6 is 15.9 Å². The summed E-state index contributed by atoms with van der Waals surface area (Å²) in [6.45, 7) is 0. The Morgan fingerprint density at radius 2 is 2.07 bits per heavy atom. The van der Waals surface area contributed by atoms with E-state index in [-0.39, 0.29) is 4.60 Å². The van der Waals surface area contributed by atoms with Crippen molar-refractivity contribution in [1.29, 1.82) is 0 Å². The molecule has 1 aromatic rings. The van der Waals surface area contributed by atoms with Crippen molar-refractivity contribution in [3.05, 3.63) is 28.0 Å². The van der Waals surface area contributed by atoms with Crippen molar-refractivity contribution >= 4 is 21.9 Å². The van der Waals surface area contributed by atoms with Crippen LogP contribution in [0.15, 0.2) is 16.9 Å². The monoisotopic (exact) mass is 269 g/mol. The van der Waals surface area contributed by atoms with Gasteiger partial charge in [-0.25, -0.2) is 9.78 Å². The summed E-state index contributed by atoms with van der Waals surface area (Å²) in [7, 11) is 0. The second-order valence-corrected chi connectivity index (χ2v) is 3.17. The lowest BCUT2D eigenvalue weighted by Crippen LogP contribution is -2.13. The highest BCUT2D eigenvalue weighted by Gasteiger charge is 2.35. The van der Waals surface area contributed by atoms with Gasteiger partial charge in [0, 0.05) is 6.20 Å². The highest BCUT2D eigenvalue weighted by Crippen LogP contribution is 2.32. The first-order valence-electron chi connectivity index (χ1n) is 3.28. The van der Waals surface area contributed by atoms with Crippen LogP contribution < -0.4 is 0 Å². The van der Waals surface area contributed by atoms with E-state index in [1.165, 1.54) is 0 Å². The molecule has 0 aliphatic carbocycles. The van der Waals surface area contributed by atoms with E-state index < -0.39 is 23.3 Å². The molecule has 7 heteroatoms. The highest BCUT2D eigenvalue weighted by atomic mass is 79.9. The van der Waals surface area contributed by atoms with E-state index in [1.807, 2.05) is 0 Å². The number of carboxylic acids is 1. The SMILES string of the molecule is O=C(O)c1cnc(Br)cc1C(F)(F)F. The summed E-state index contributed by atoms with van der Waals surface area (Å²) in [5.74, 6) is -1.66. The normalized spacial score (nSPS) is 11.4. The Balaban J connectivity index is 3.38. The third-order valence-electron chi connectivity index (χ3n) is 1.41. The number of nitrogens with zero attached hydrogens (tertiary/aromatic N) is 1. The van der Waals surface area contributed by atoms with Gasteiger partial charge in [0.2, 0.25) is 0 Å². The van der Waals surface area contributed by atoms with Crippen molar-refractivity contribution in [2.75, 3.05) is 0 Å². The number of pyridine rings is 1. The molecule has 0 aliphatic heterocycles. The van der Waals surface area contributed by atoms with Gasteiger partial charge in [-0.1, -0.05) is 0 Å². The van der Waals surface area contributed by atoms with E-state index in [9.17, 15) is 18.0 Å². The van der Waals surface area contributed by atoms with E-state index in [4.69, 9.17) is 5.11 Å². The quantitative estimate of drug-likeness (QED) is 0.798. The lowest BCUT2D eigenvalue weighted by Gasteiger charge is -2.09. The number of carboxylic acid groups (broad SMARTS) is 1. The van der Waals surface area contributed by atoms with Crippen LogP contribution in [-0.2, 0) is 6.18 Å². The average molecular weight is 270 g/mol. The smallest absolute Gasteiger partial charge is 0.417 e. The molecule has 14 heavy (non-hydrogen) atoms. The molecule has 1 N–H and O–H groups in total. The molecule has 0 spiro atoms. The average Bonchev–Trinajstić information content (AvgIpc) is 2.01. The number of hydrogen-bond donors (Lipinski definition) is 1. The van der Waals surface area contributed by atoms with Crippen LogP contribution in [0.5, 0.6) is 0 Å². The molecule has 0 amide bonds. The maximum atomic E-state index is 12.3. The maximum absolute atomic E-state index is 12.3. The minimum Gasteiger partial charge on any atom is -0.478 e. The predicted molar refractivity (Wildman–Crippen MR) is 43.9 cm³/mol. The summed E-state index contributed by atoms with van der Waals surface area (Å²) >= 11 is 2.73. The Morgan fingerprint density at radius 1 is 1.50 bits per heavy atom. The zero-order chi connectivity index (χ0) is 10.9. The summed E-state index contributed by atoms with van der Waals surface area (Å²) in [5.41, 5.74) is -2.08. The fourth-order valence-corrected chi connectivity index (χ4v) is 1.17. The molecule has 0 radical (unpaired) electrons. The van der Waals surface area contributed by atoms with E-state index in [0.717, 1.165) is 0 Å². The van der Waals surface area contributed by atoms with Crippen molar-refractivity contribution in [2.24, 2.45) is 0 Å². The fraction of sp³-hybridized carbons (Fsp3) is 0.143. The van der Waals surface area contributed by atoms with Crippen LogP contribution in [0.25, 0.3) is 0 Å². The first-order valence-corrected chi connectivity index (χ1v) is 4.07. The predicted octanol–water partition coefficient (Wildman–Crippen LogP) is 2.56. The molecule has 0 unspecified atom stereocenters. The van der Waals surface area contributed by atoms with E-state index in [2.05, 4.69) is 20.9 Å². The molecular formula is C7H3BrF3NO2. The molecule has 0 aliphatic rings. The molecule has 0 bridgehead atoms. The Bertz CT molecular complexity index is 378. The molecule has 0 fully saturated rings. The number of rotatable bonds is 1. The minimum atomic E-state index is -4.70. The molecule has 0 atom stereocenters. The molecule has 0 saturated heterocycles. The lowest BCUT2D eigenvalue weighted by atomic mass is 10.1. The number of aromatic nitrogens is 1. The third kappa shape index (κ3) is 2.22. The van der Waals surface area contributed by atoms with E-state index in [1.54, 1.807) is 0 Å². The first-order chi connectivity index (χ1) is 6.32. The number of carbonyl (C=O) groups is 1. The van der Waals surface area contributed by atoms with Crippen molar-refractivity contribution < 1.29 is 23.1 Å². The number of aromatic carboxylic acids is 1. The second kappa shape index (κ2) is 3.56. The molecule has 0 aromatic carbocycles. The zero-order valence-corrected chi connectivity index (χ0v) is 8.06. The minimum absolute atomic E-state index is 0.0603. The van der Waals surface area contributed by atoms with Crippen molar-refractivity contribution in [3.63, 3.8) is 0 Å². The lowest BCUT2D eigenvalue weighted by molar-refractivity contribution is -0.138. The van der Waals surface area contributed by atoms with Crippen molar-refractivity contribution in [2.45, 2.75) is 6.18 Å². The summed E-state index contributed by atoms with van der Waals surface area (Å²) in [6.07, 6.45) is -4.03. The Kier molecular flexibility index (Phi) is 2.79. The summed E-state index contributed by atoms with van der Waals surface area (Å²) < 4.78 is 36.8. The van der Waals surface area contributed by atoms with E-state index in [0.29, 0.717) is 12.3 Å². The summed E-state index contributed by atoms with van der Waals surface area (Å²) in [4.78, 5) is 13.8. The van der Waals surface area contributed by atoms with Crippen molar-refractivity contribution in [3.8, 4) is 0 Å². The standard InChI is InChI=1S/C7H3BrF3NO2/c8-5-1-4(7(9,10)11)3(2-12-5)6(13)14/h1-2H,(H,13,14). The molecule has 76 valence electrons. The Hall–Kier alpha value is -1.11. The van der Waals surface area contributed by atoms with Gasteiger partial charge in [0.15, 0.2) is 0 Å². The highest BCUT2D eigenvalue weighted by molar-refractivity contribution is 9.10. The molecule has 1 heterocycles. The van der Waals surface area contributed by atoms with Gasteiger partial charge in [-0.3, -0.25) is 0 Å². The molecule has 0 saturated carbocycles. The van der Waals surface area contributed by atoms with Gasteiger partial charge in [0.1, 0.15) is 4.60 Å². The third-order valence-corrected chi connectivity index (χ3v) is 1.84.